The van der Waals surface area contributed by atoms with Crippen molar-refractivity contribution in [1.29, 1.82) is 0 Å². The van der Waals surface area contributed by atoms with Crippen molar-refractivity contribution in [2.45, 2.75) is 12.1 Å². The summed E-state index contributed by atoms with van der Waals surface area (Å²) in [6, 6.07) is 15.0. The van der Waals surface area contributed by atoms with Crippen molar-refractivity contribution < 1.29 is 14.7 Å². The summed E-state index contributed by atoms with van der Waals surface area (Å²) in [5.74, 6) is -0.332. The molecule has 2 saturated heterocycles. The summed E-state index contributed by atoms with van der Waals surface area (Å²) < 4.78 is 0. The van der Waals surface area contributed by atoms with E-state index in [4.69, 9.17) is 11.6 Å². The first-order valence-electron chi connectivity index (χ1n) is 10.9. The average molecular weight is 457 g/mol. The van der Waals surface area contributed by atoms with Gasteiger partial charge in [-0.25, -0.2) is 0 Å². The van der Waals surface area contributed by atoms with Crippen LogP contribution in [0.1, 0.15) is 22.0 Å². The fourth-order valence-corrected chi connectivity index (χ4v) is 4.53. The van der Waals surface area contributed by atoms with E-state index in [0.717, 1.165) is 31.9 Å². The topological polar surface area (TPSA) is 67.3 Å². The highest BCUT2D eigenvalue weighted by molar-refractivity contribution is 6.34. The van der Waals surface area contributed by atoms with Crippen molar-refractivity contribution in [2.24, 2.45) is 0 Å². The van der Waals surface area contributed by atoms with E-state index in [1.54, 1.807) is 37.2 Å². The Hall–Kier alpha value is -2.61. The molecular weight excluding hydrogens is 428 g/mol. The standard InChI is InChI=1S/C24H29ClN4O3/c1-26(2)23(31)20-9-8-18(14-21(20)25)27-10-12-28(13-11-27)19-15-29(16-19)24(32)22(30)17-6-4-3-5-7-17/h3-9,14,19,22,30H,10-13,15-16H2,1-2H3. The lowest BCUT2D eigenvalue weighted by atomic mass is 10.0. The minimum atomic E-state index is -1.10. The quantitative estimate of drug-likeness (QED) is 0.746. The molecule has 7 nitrogen and oxygen atoms in total. The van der Waals surface area contributed by atoms with Crippen molar-refractivity contribution in [3.05, 3.63) is 64.7 Å². The zero-order chi connectivity index (χ0) is 22.8. The summed E-state index contributed by atoms with van der Waals surface area (Å²) in [5, 5.41) is 10.8. The molecule has 1 unspecified atom stereocenters. The van der Waals surface area contributed by atoms with E-state index in [9.17, 15) is 14.7 Å². The second-order valence-corrected chi connectivity index (χ2v) is 9.00. The van der Waals surface area contributed by atoms with Gasteiger partial charge in [0.15, 0.2) is 6.10 Å². The van der Waals surface area contributed by atoms with Crippen LogP contribution in [-0.2, 0) is 4.79 Å². The summed E-state index contributed by atoms with van der Waals surface area (Å²) in [5.41, 5.74) is 2.16. The fraction of sp³-hybridized carbons (Fsp3) is 0.417. The number of carbonyl (C=O) groups excluding carboxylic acids is 2. The molecule has 170 valence electrons. The Labute approximate surface area is 193 Å². The van der Waals surface area contributed by atoms with E-state index in [1.165, 1.54) is 4.90 Å². The molecule has 4 rings (SSSR count). The summed E-state index contributed by atoms with van der Waals surface area (Å²) in [7, 11) is 3.42. The number of halogens is 1. The van der Waals surface area contributed by atoms with Gasteiger partial charge in [0.25, 0.3) is 11.8 Å². The van der Waals surface area contributed by atoms with Gasteiger partial charge in [-0.1, -0.05) is 41.9 Å². The number of nitrogens with zero attached hydrogens (tertiary/aromatic N) is 4. The van der Waals surface area contributed by atoms with Crippen LogP contribution in [0.15, 0.2) is 48.5 Å². The number of anilines is 1. The minimum absolute atomic E-state index is 0.104. The maximum absolute atomic E-state index is 12.6. The molecule has 1 atom stereocenters. The monoisotopic (exact) mass is 456 g/mol. The van der Waals surface area contributed by atoms with Crippen LogP contribution in [0.2, 0.25) is 5.02 Å². The number of aliphatic hydroxyl groups excluding tert-OH is 1. The van der Waals surface area contributed by atoms with Gasteiger partial charge >= 0.3 is 0 Å². The lowest BCUT2D eigenvalue weighted by molar-refractivity contribution is -0.148. The molecule has 2 aromatic rings. The predicted molar refractivity (Wildman–Crippen MR) is 125 cm³/mol. The van der Waals surface area contributed by atoms with E-state index in [0.29, 0.717) is 35.3 Å². The largest absolute Gasteiger partial charge is 0.378 e. The Morgan fingerprint density at radius 2 is 1.69 bits per heavy atom. The summed E-state index contributed by atoms with van der Waals surface area (Å²) in [4.78, 5) is 32.7. The van der Waals surface area contributed by atoms with E-state index >= 15 is 0 Å². The molecule has 2 aliphatic rings. The lowest BCUT2D eigenvalue weighted by Gasteiger charge is -2.48. The number of piperazine rings is 1. The Morgan fingerprint density at radius 1 is 1.03 bits per heavy atom. The van der Waals surface area contributed by atoms with Crippen LogP contribution in [0.3, 0.4) is 0 Å². The van der Waals surface area contributed by atoms with Crippen LogP contribution in [0.5, 0.6) is 0 Å². The maximum Gasteiger partial charge on any atom is 0.256 e. The zero-order valence-electron chi connectivity index (χ0n) is 18.4. The molecule has 0 saturated carbocycles. The Kier molecular flexibility index (Phi) is 6.69. The molecule has 2 aromatic carbocycles. The third kappa shape index (κ3) is 4.60. The molecule has 2 amide bonds. The van der Waals surface area contributed by atoms with E-state index in [2.05, 4.69) is 9.80 Å². The highest BCUT2D eigenvalue weighted by Crippen LogP contribution is 2.27. The van der Waals surface area contributed by atoms with Gasteiger partial charge in [-0.3, -0.25) is 14.5 Å². The third-order valence-corrected chi connectivity index (χ3v) is 6.62. The van der Waals surface area contributed by atoms with Crippen LogP contribution >= 0.6 is 11.6 Å². The number of amides is 2. The number of carbonyl (C=O) groups is 2. The zero-order valence-corrected chi connectivity index (χ0v) is 19.2. The molecular formula is C24H29ClN4O3. The number of likely N-dealkylation sites (tertiary alicyclic amines) is 1. The normalized spacial score (nSPS) is 18.2. The molecule has 0 radical (unpaired) electrons. The third-order valence-electron chi connectivity index (χ3n) is 6.31. The highest BCUT2D eigenvalue weighted by Gasteiger charge is 2.38. The number of hydrogen-bond acceptors (Lipinski definition) is 5. The summed E-state index contributed by atoms with van der Waals surface area (Å²) in [6.45, 7) is 4.79. The van der Waals surface area contributed by atoms with Crippen molar-refractivity contribution in [1.82, 2.24) is 14.7 Å². The van der Waals surface area contributed by atoms with E-state index < -0.39 is 6.10 Å². The smallest absolute Gasteiger partial charge is 0.256 e. The Bertz CT molecular complexity index is 970. The average Bonchev–Trinajstić information content (AvgIpc) is 2.78. The number of hydrogen-bond donors (Lipinski definition) is 1. The van der Waals surface area contributed by atoms with Gasteiger partial charge < -0.3 is 19.8 Å². The maximum atomic E-state index is 12.6. The lowest BCUT2D eigenvalue weighted by Crippen LogP contribution is -2.64. The van der Waals surface area contributed by atoms with Gasteiger partial charge in [0.1, 0.15) is 0 Å². The number of aliphatic hydroxyl groups is 1. The molecule has 2 fully saturated rings. The van der Waals surface area contributed by atoms with Gasteiger partial charge in [0, 0.05) is 65.1 Å². The van der Waals surface area contributed by atoms with Crippen LogP contribution in [-0.4, -0.2) is 91.0 Å². The van der Waals surface area contributed by atoms with Gasteiger partial charge in [0.05, 0.1) is 10.6 Å². The van der Waals surface area contributed by atoms with Crippen LogP contribution in [0, 0.1) is 0 Å². The summed E-state index contributed by atoms with van der Waals surface area (Å²) >= 11 is 6.37. The van der Waals surface area contributed by atoms with Gasteiger partial charge in [0.2, 0.25) is 0 Å². The molecule has 8 heteroatoms. The van der Waals surface area contributed by atoms with Crippen molar-refractivity contribution in [3.63, 3.8) is 0 Å². The Morgan fingerprint density at radius 3 is 2.28 bits per heavy atom. The SMILES string of the molecule is CN(C)C(=O)c1ccc(N2CCN(C3CN(C(=O)C(O)c4ccccc4)C3)CC2)cc1Cl. The van der Waals surface area contributed by atoms with Gasteiger partial charge in [-0.15, -0.1) is 0 Å². The first kappa shape index (κ1) is 22.6. The van der Waals surface area contributed by atoms with E-state index in [-0.39, 0.29) is 11.8 Å². The second kappa shape index (κ2) is 9.48. The predicted octanol–water partition coefficient (Wildman–Crippen LogP) is 2.11. The molecule has 2 heterocycles. The molecule has 2 aliphatic heterocycles. The molecule has 1 N–H and O–H groups in total. The van der Waals surface area contributed by atoms with Crippen molar-refractivity contribution >= 4 is 29.1 Å². The summed E-state index contributed by atoms with van der Waals surface area (Å²) in [6.07, 6.45) is -1.10. The molecule has 0 aromatic heterocycles. The molecule has 32 heavy (non-hydrogen) atoms. The van der Waals surface area contributed by atoms with Crippen LogP contribution in [0.4, 0.5) is 5.69 Å². The van der Waals surface area contributed by atoms with Gasteiger partial charge in [-0.2, -0.15) is 0 Å². The molecule has 0 spiro atoms. The van der Waals surface area contributed by atoms with Crippen molar-refractivity contribution in [2.75, 3.05) is 58.3 Å². The first-order chi connectivity index (χ1) is 15.3. The van der Waals surface area contributed by atoms with Crippen LogP contribution in [0.25, 0.3) is 0 Å². The Balaban J connectivity index is 1.28. The molecule has 0 aliphatic carbocycles. The minimum Gasteiger partial charge on any atom is -0.378 e. The van der Waals surface area contributed by atoms with E-state index in [1.807, 2.05) is 30.3 Å². The van der Waals surface area contributed by atoms with Crippen molar-refractivity contribution in [3.8, 4) is 0 Å². The number of benzene rings is 2. The fourth-order valence-electron chi connectivity index (χ4n) is 4.28. The highest BCUT2D eigenvalue weighted by atomic mass is 35.5. The second-order valence-electron chi connectivity index (χ2n) is 8.60. The van der Waals surface area contributed by atoms with Gasteiger partial charge in [-0.05, 0) is 23.8 Å². The molecule has 0 bridgehead atoms. The first-order valence-corrected chi connectivity index (χ1v) is 11.2. The number of rotatable bonds is 5. The van der Waals surface area contributed by atoms with Crippen LogP contribution < -0.4 is 4.90 Å².